The molecule has 0 aliphatic heterocycles. The minimum absolute atomic E-state index is 0.0269. The maximum absolute atomic E-state index is 13.2. The molecule has 3 N–H and O–H groups in total. The van der Waals surface area contributed by atoms with E-state index in [1.807, 2.05) is 0 Å². The molecule has 0 aliphatic rings. The van der Waals surface area contributed by atoms with Gasteiger partial charge in [0.15, 0.2) is 22.8 Å². The second kappa shape index (κ2) is 6.26. The molecule has 0 aliphatic carbocycles. The Morgan fingerprint density at radius 2 is 1.57 bits per heavy atom. The van der Waals surface area contributed by atoms with Crippen LogP contribution in [-0.4, -0.2) is 15.3 Å². The molecule has 5 nitrogen and oxygen atoms in total. The first-order valence-electron chi connectivity index (χ1n) is 8.16. The molecule has 4 rings (SSSR count). The number of rotatable bonds is 3. The first kappa shape index (κ1) is 17.8. The summed E-state index contributed by atoms with van der Waals surface area (Å²) in [6.07, 6.45) is -4.59. The Balaban J connectivity index is 1.70. The first-order valence-corrected chi connectivity index (χ1v) is 8.16. The van der Waals surface area contributed by atoms with E-state index in [-0.39, 0.29) is 46.0 Å². The summed E-state index contributed by atoms with van der Waals surface area (Å²) in [5, 5.41) is 29.8. The highest BCUT2D eigenvalue weighted by molar-refractivity contribution is 5.91. The summed E-state index contributed by atoms with van der Waals surface area (Å²) in [7, 11) is 0. The van der Waals surface area contributed by atoms with Crippen LogP contribution in [0.15, 0.2) is 57.4 Å². The summed E-state index contributed by atoms with van der Waals surface area (Å²) >= 11 is 0. The second-order valence-corrected chi connectivity index (χ2v) is 6.17. The van der Waals surface area contributed by atoms with E-state index >= 15 is 0 Å². The van der Waals surface area contributed by atoms with Gasteiger partial charge in [0.25, 0.3) is 0 Å². The van der Waals surface area contributed by atoms with Gasteiger partial charge in [-0.25, -0.2) is 0 Å². The molecule has 144 valence electrons. The molecule has 0 atom stereocenters. The van der Waals surface area contributed by atoms with Crippen LogP contribution in [0.2, 0.25) is 0 Å². The Kier molecular flexibility index (Phi) is 3.99. The van der Waals surface area contributed by atoms with Crippen molar-refractivity contribution in [1.82, 2.24) is 0 Å². The molecule has 2 heterocycles. The molecular weight excluding hydrogens is 377 g/mol. The summed E-state index contributed by atoms with van der Waals surface area (Å²) in [5.74, 6) is -0.848. The van der Waals surface area contributed by atoms with Crippen molar-refractivity contribution in [1.29, 1.82) is 0 Å². The average molecular weight is 390 g/mol. The normalized spacial score (nSPS) is 12.0. The first-order chi connectivity index (χ1) is 13.3. The summed E-state index contributed by atoms with van der Waals surface area (Å²) in [5.41, 5.74) is -1.01. The Morgan fingerprint density at radius 1 is 0.821 bits per heavy atom. The van der Waals surface area contributed by atoms with Gasteiger partial charge in [0, 0.05) is 5.56 Å². The molecule has 0 saturated carbocycles. The summed E-state index contributed by atoms with van der Waals surface area (Å²) in [6.45, 7) is 0. The molecule has 0 spiro atoms. The third kappa shape index (κ3) is 2.92. The van der Waals surface area contributed by atoms with Crippen LogP contribution in [-0.2, 0) is 12.6 Å². The zero-order valence-corrected chi connectivity index (χ0v) is 14.1. The minimum Gasteiger partial charge on any atom is -0.504 e. The Labute approximate surface area is 155 Å². The predicted octanol–water partition coefficient (Wildman–Crippen LogP) is 5.42. The number of fused-ring (bicyclic) bond motifs is 1. The molecule has 0 saturated heterocycles. The summed E-state index contributed by atoms with van der Waals surface area (Å²) < 4.78 is 50.5. The largest absolute Gasteiger partial charge is 0.504 e. The van der Waals surface area contributed by atoms with Crippen LogP contribution in [0, 0.1) is 0 Å². The molecule has 4 aromatic rings. The Bertz CT molecular complexity index is 1170. The highest BCUT2D eigenvalue weighted by Gasteiger charge is 2.34. The standard InChI is InChI=1S/C20H13F3O5/c21-20(22,23)13-4-2-1-3-11(13)15-8-5-10(27-15)9-16-17(25)12-6-7-14(24)18(26)19(12)28-16/h1-8,24-26H,9H2. The molecule has 0 radical (unpaired) electrons. The highest BCUT2D eigenvalue weighted by Crippen LogP contribution is 2.42. The van der Waals surface area contributed by atoms with Crippen molar-refractivity contribution in [3.63, 3.8) is 0 Å². The van der Waals surface area contributed by atoms with E-state index in [0.29, 0.717) is 0 Å². The van der Waals surface area contributed by atoms with Gasteiger partial charge in [-0.3, -0.25) is 0 Å². The fourth-order valence-electron chi connectivity index (χ4n) is 3.01. The number of alkyl halides is 3. The van der Waals surface area contributed by atoms with Crippen molar-refractivity contribution in [3.8, 4) is 28.6 Å². The molecule has 0 unspecified atom stereocenters. The third-order valence-corrected chi connectivity index (χ3v) is 4.35. The van der Waals surface area contributed by atoms with Crippen LogP contribution >= 0.6 is 0 Å². The van der Waals surface area contributed by atoms with Gasteiger partial charge in [0.05, 0.1) is 17.4 Å². The van der Waals surface area contributed by atoms with Crippen molar-refractivity contribution in [2.45, 2.75) is 12.6 Å². The third-order valence-electron chi connectivity index (χ3n) is 4.35. The van der Waals surface area contributed by atoms with E-state index in [4.69, 9.17) is 8.83 Å². The van der Waals surface area contributed by atoms with E-state index in [1.165, 1.54) is 42.5 Å². The van der Waals surface area contributed by atoms with E-state index in [0.717, 1.165) is 6.07 Å². The highest BCUT2D eigenvalue weighted by atomic mass is 19.4. The number of halogens is 3. The lowest BCUT2D eigenvalue weighted by Crippen LogP contribution is -2.06. The minimum atomic E-state index is -4.53. The van der Waals surface area contributed by atoms with Gasteiger partial charge in [-0.2, -0.15) is 13.2 Å². The smallest absolute Gasteiger partial charge is 0.417 e. The molecule has 0 amide bonds. The second-order valence-electron chi connectivity index (χ2n) is 6.17. The Hall–Kier alpha value is -3.55. The molecule has 28 heavy (non-hydrogen) atoms. The predicted molar refractivity (Wildman–Crippen MR) is 93.2 cm³/mol. The number of furan rings is 2. The topological polar surface area (TPSA) is 87.0 Å². The van der Waals surface area contributed by atoms with Gasteiger partial charge in [0.2, 0.25) is 5.75 Å². The number of phenolic OH excluding ortho intramolecular Hbond substituents is 2. The van der Waals surface area contributed by atoms with E-state index in [1.54, 1.807) is 0 Å². The zero-order chi connectivity index (χ0) is 20.1. The maximum Gasteiger partial charge on any atom is 0.417 e. The summed E-state index contributed by atoms with van der Waals surface area (Å²) in [6, 6.07) is 10.5. The van der Waals surface area contributed by atoms with E-state index in [2.05, 4.69) is 0 Å². The average Bonchev–Trinajstić information content (AvgIpc) is 3.24. The number of benzene rings is 2. The lowest BCUT2D eigenvalue weighted by molar-refractivity contribution is -0.137. The number of aromatic hydroxyl groups is 3. The van der Waals surface area contributed by atoms with Crippen LogP contribution in [0.5, 0.6) is 17.2 Å². The summed E-state index contributed by atoms with van der Waals surface area (Å²) in [4.78, 5) is 0. The van der Waals surface area contributed by atoms with Crippen molar-refractivity contribution < 1.29 is 37.3 Å². The number of phenols is 2. The van der Waals surface area contributed by atoms with Gasteiger partial charge >= 0.3 is 6.18 Å². The maximum atomic E-state index is 13.2. The fourth-order valence-corrected chi connectivity index (χ4v) is 3.01. The van der Waals surface area contributed by atoms with Gasteiger partial charge in [-0.15, -0.1) is 0 Å². The monoisotopic (exact) mass is 390 g/mol. The Morgan fingerprint density at radius 3 is 2.32 bits per heavy atom. The van der Waals surface area contributed by atoms with Crippen molar-refractivity contribution >= 4 is 11.0 Å². The van der Waals surface area contributed by atoms with E-state index < -0.39 is 23.2 Å². The van der Waals surface area contributed by atoms with Gasteiger partial charge in [-0.1, -0.05) is 18.2 Å². The van der Waals surface area contributed by atoms with Gasteiger partial charge in [-0.05, 0) is 30.3 Å². The van der Waals surface area contributed by atoms with Crippen LogP contribution in [0.1, 0.15) is 17.1 Å². The number of hydrogen-bond donors (Lipinski definition) is 3. The molecular formula is C20H13F3O5. The molecule has 8 heteroatoms. The van der Waals surface area contributed by atoms with Crippen molar-refractivity contribution in [3.05, 3.63) is 65.6 Å². The molecule has 0 fully saturated rings. The molecule has 2 aromatic heterocycles. The van der Waals surface area contributed by atoms with Crippen LogP contribution in [0.3, 0.4) is 0 Å². The molecule has 2 aromatic carbocycles. The zero-order valence-electron chi connectivity index (χ0n) is 14.1. The molecule has 0 bridgehead atoms. The van der Waals surface area contributed by atoms with Crippen LogP contribution < -0.4 is 0 Å². The number of hydrogen-bond acceptors (Lipinski definition) is 5. The van der Waals surface area contributed by atoms with Crippen molar-refractivity contribution in [2.75, 3.05) is 0 Å². The van der Waals surface area contributed by atoms with Gasteiger partial charge in [0.1, 0.15) is 11.5 Å². The fraction of sp³-hybridized carbons (Fsp3) is 0.100. The lowest BCUT2D eigenvalue weighted by Gasteiger charge is -2.10. The van der Waals surface area contributed by atoms with Crippen LogP contribution in [0.4, 0.5) is 13.2 Å². The van der Waals surface area contributed by atoms with E-state index in [9.17, 15) is 28.5 Å². The van der Waals surface area contributed by atoms with Crippen LogP contribution in [0.25, 0.3) is 22.3 Å². The lowest BCUT2D eigenvalue weighted by atomic mass is 10.1. The van der Waals surface area contributed by atoms with Gasteiger partial charge < -0.3 is 24.2 Å². The SMILES string of the molecule is Oc1ccc2c(O)c(Cc3ccc(-c4ccccc4C(F)(F)F)o3)oc2c1O. The van der Waals surface area contributed by atoms with Crippen molar-refractivity contribution in [2.24, 2.45) is 0 Å². The quantitative estimate of drug-likeness (QED) is 0.407.